The van der Waals surface area contributed by atoms with E-state index in [-0.39, 0.29) is 5.69 Å². The molecule has 0 atom stereocenters. The van der Waals surface area contributed by atoms with Gasteiger partial charge in [0.1, 0.15) is 5.82 Å². The van der Waals surface area contributed by atoms with Crippen LogP contribution in [0.3, 0.4) is 0 Å². The van der Waals surface area contributed by atoms with E-state index < -0.39 is 0 Å². The molecule has 22 heavy (non-hydrogen) atoms. The number of hydrogen-bond donors (Lipinski definition) is 4. The van der Waals surface area contributed by atoms with Gasteiger partial charge in [-0.1, -0.05) is 29.8 Å². The van der Waals surface area contributed by atoms with Crippen molar-refractivity contribution in [1.82, 2.24) is 9.97 Å². The summed E-state index contributed by atoms with van der Waals surface area (Å²) in [4.78, 5) is 16.6. The first-order valence-corrected chi connectivity index (χ1v) is 7.17. The summed E-state index contributed by atoms with van der Waals surface area (Å²) in [6.45, 7) is 3.90. The lowest BCUT2D eigenvalue weighted by Gasteiger charge is -2.12. The fourth-order valence-electron chi connectivity index (χ4n) is 2.06. The lowest BCUT2D eigenvalue weighted by Crippen LogP contribution is -2.08. The van der Waals surface area contributed by atoms with Crippen molar-refractivity contribution in [3.63, 3.8) is 0 Å². The number of imidazole rings is 1. The van der Waals surface area contributed by atoms with Crippen LogP contribution in [0, 0.1) is 0 Å². The molecule has 4 N–H and O–H groups in total. The number of nitrogens with one attached hydrogen (secondary N) is 4. The molecule has 0 bridgehead atoms. The second-order valence-corrected chi connectivity index (χ2v) is 5.51. The Hall–Kier alpha value is -2.37. The number of halogens is 2. The number of aromatic amines is 2. The quantitative estimate of drug-likeness (QED) is 0.578. The molecule has 1 heterocycles. The Morgan fingerprint density at radius 3 is 2.27 bits per heavy atom. The van der Waals surface area contributed by atoms with Crippen molar-refractivity contribution in [2.24, 2.45) is 0 Å². The van der Waals surface area contributed by atoms with E-state index in [0.717, 1.165) is 22.4 Å². The molecule has 1 aromatic heterocycles. The van der Waals surface area contributed by atoms with Gasteiger partial charge >= 0.3 is 5.69 Å². The number of aromatic nitrogens is 2. The molecular weight excluding hydrogens is 323 g/mol. The van der Waals surface area contributed by atoms with E-state index in [9.17, 15) is 4.79 Å². The highest BCUT2D eigenvalue weighted by molar-refractivity contribution is 6.42. The van der Waals surface area contributed by atoms with Crippen LogP contribution in [0.1, 0.15) is 0 Å². The highest BCUT2D eigenvalue weighted by Gasteiger charge is 2.03. The Morgan fingerprint density at radius 1 is 0.909 bits per heavy atom. The standard InChI is InChI=1S/C15H12Cl2N4O/c1-8(18-9-2-4-11(16)12(17)6-9)19-10-3-5-13-14(7-10)21-15(22)20-13/h2-7,18-19H,1H2,(H2,20,21,22). The van der Waals surface area contributed by atoms with Crippen LogP contribution in [0.2, 0.25) is 10.0 Å². The lowest BCUT2D eigenvalue weighted by atomic mass is 10.2. The average Bonchev–Trinajstić information content (AvgIpc) is 2.82. The van der Waals surface area contributed by atoms with E-state index >= 15 is 0 Å². The monoisotopic (exact) mass is 334 g/mol. The first-order valence-electron chi connectivity index (χ1n) is 6.41. The van der Waals surface area contributed by atoms with Crippen LogP contribution in [0.25, 0.3) is 11.0 Å². The van der Waals surface area contributed by atoms with Gasteiger partial charge in [-0.05, 0) is 36.4 Å². The van der Waals surface area contributed by atoms with E-state index in [1.54, 1.807) is 18.2 Å². The van der Waals surface area contributed by atoms with Gasteiger partial charge in [-0.15, -0.1) is 0 Å². The molecule has 0 radical (unpaired) electrons. The fraction of sp³-hybridized carbons (Fsp3) is 0. The molecule has 0 aliphatic rings. The molecule has 0 saturated heterocycles. The third-order valence-corrected chi connectivity index (χ3v) is 3.77. The molecule has 112 valence electrons. The molecule has 0 amide bonds. The Bertz CT molecular complexity index is 913. The van der Waals surface area contributed by atoms with Gasteiger partial charge in [-0.2, -0.15) is 0 Å². The predicted octanol–water partition coefficient (Wildman–Crippen LogP) is 4.16. The van der Waals surface area contributed by atoms with Crippen LogP contribution in [-0.2, 0) is 0 Å². The topological polar surface area (TPSA) is 72.7 Å². The smallest absolute Gasteiger partial charge is 0.323 e. The molecule has 0 aliphatic carbocycles. The minimum absolute atomic E-state index is 0.236. The molecule has 0 unspecified atom stereocenters. The second-order valence-electron chi connectivity index (χ2n) is 4.70. The number of benzene rings is 2. The number of rotatable bonds is 4. The molecule has 0 saturated carbocycles. The van der Waals surface area contributed by atoms with E-state index in [4.69, 9.17) is 23.2 Å². The maximum absolute atomic E-state index is 11.2. The highest BCUT2D eigenvalue weighted by atomic mass is 35.5. The molecule has 0 fully saturated rings. The fourth-order valence-corrected chi connectivity index (χ4v) is 2.36. The zero-order valence-corrected chi connectivity index (χ0v) is 12.8. The van der Waals surface area contributed by atoms with Gasteiger partial charge in [-0.25, -0.2) is 4.79 Å². The number of fused-ring (bicyclic) bond motifs is 1. The van der Waals surface area contributed by atoms with Crippen LogP contribution >= 0.6 is 23.2 Å². The maximum atomic E-state index is 11.2. The minimum Gasteiger partial charge on any atom is -0.342 e. The summed E-state index contributed by atoms with van der Waals surface area (Å²) in [5.41, 5.74) is 2.79. The average molecular weight is 335 g/mol. The summed E-state index contributed by atoms with van der Waals surface area (Å²) >= 11 is 11.8. The zero-order chi connectivity index (χ0) is 15.7. The summed E-state index contributed by atoms with van der Waals surface area (Å²) in [5, 5.41) is 7.15. The summed E-state index contributed by atoms with van der Waals surface area (Å²) in [6.07, 6.45) is 0. The Morgan fingerprint density at radius 2 is 1.55 bits per heavy atom. The van der Waals surface area contributed by atoms with Crippen LogP contribution in [-0.4, -0.2) is 9.97 Å². The van der Waals surface area contributed by atoms with Gasteiger partial charge in [0.05, 0.1) is 21.1 Å². The summed E-state index contributed by atoms with van der Waals surface area (Å²) in [7, 11) is 0. The van der Waals surface area contributed by atoms with Crippen molar-refractivity contribution < 1.29 is 0 Å². The molecule has 3 aromatic rings. The summed E-state index contributed by atoms with van der Waals surface area (Å²) < 4.78 is 0. The van der Waals surface area contributed by atoms with Crippen molar-refractivity contribution in [3.8, 4) is 0 Å². The normalized spacial score (nSPS) is 10.6. The van der Waals surface area contributed by atoms with E-state index in [1.807, 2.05) is 18.2 Å². The van der Waals surface area contributed by atoms with Gasteiger partial charge in [0, 0.05) is 11.4 Å². The Labute approximate surface area is 136 Å². The van der Waals surface area contributed by atoms with Gasteiger partial charge < -0.3 is 20.6 Å². The van der Waals surface area contributed by atoms with E-state index in [2.05, 4.69) is 27.2 Å². The number of hydrogen-bond acceptors (Lipinski definition) is 3. The molecular formula is C15H12Cl2N4O. The van der Waals surface area contributed by atoms with Crippen molar-refractivity contribution in [2.45, 2.75) is 0 Å². The van der Waals surface area contributed by atoms with Crippen LogP contribution in [0.4, 0.5) is 11.4 Å². The molecule has 2 aromatic carbocycles. The Balaban J connectivity index is 1.74. The van der Waals surface area contributed by atoms with Crippen molar-refractivity contribution >= 4 is 45.6 Å². The van der Waals surface area contributed by atoms with E-state index in [1.165, 1.54) is 0 Å². The second kappa shape index (κ2) is 5.79. The van der Waals surface area contributed by atoms with E-state index in [0.29, 0.717) is 15.9 Å². The summed E-state index contributed by atoms with van der Waals surface area (Å²) in [5.74, 6) is 0.565. The van der Waals surface area contributed by atoms with Crippen LogP contribution in [0.15, 0.2) is 53.6 Å². The van der Waals surface area contributed by atoms with Crippen molar-refractivity contribution in [3.05, 3.63) is 69.3 Å². The first-order chi connectivity index (χ1) is 10.5. The largest absolute Gasteiger partial charge is 0.342 e. The molecule has 0 spiro atoms. The third-order valence-electron chi connectivity index (χ3n) is 3.03. The number of anilines is 2. The maximum Gasteiger partial charge on any atom is 0.323 e. The lowest BCUT2D eigenvalue weighted by molar-refractivity contribution is 1.21. The molecule has 5 nitrogen and oxygen atoms in total. The minimum atomic E-state index is -0.236. The van der Waals surface area contributed by atoms with Crippen molar-refractivity contribution in [2.75, 3.05) is 10.6 Å². The van der Waals surface area contributed by atoms with Gasteiger partial charge in [0.2, 0.25) is 0 Å². The number of H-pyrrole nitrogens is 2. The molecule has 3 rings (SSSR count). The predicted molar refractivity (Wildman–Crippen MR) is 91.8 cm³/mol. The molecule has 7 heteroatoms. The van der Waals surface area contributed by atoms with Crippen molar-refractivity contribution in [1.29, 1.82) is 0 Å². The van der Waals surface area contributed by atoms with Gasteiger partial charge in [-0.3, -0.25) is 0 Å². The zero-order valence-electron chi connectivity index (χ0n) is 11.3. The third kappa shape index (κ3) is 3.10. The molecule has 0 aliphatic heterocycles. The first kappa shape index (κ1) is 14.6. The van der Waals surface area contributed by atoms with Gasteiger partial charge in [0.15, 0.2) is 0 Å². The Kier molecular flexibility index (Phi) is 3.83. The van der Waals surface area contributed by atoms with Crippen LogP contribution < -0.4 is 16.3 Å². The highest BCUT2D eigenvalue weighted by Crippen LogP contribution is 2.25. The summed E-state index contributed by atoms with van der Waals surface area (Å²) in [6, 6.07) is 10.7. The van der Waals surface area contributed by atoms with Crippen LogP contribution in [0.5, 0.6) is 0 Å². The SMILES string of the molecule is C=C(Nc1ccc(Cl)c(Cl)c1)Nc1ccc2[nH]c(=O)[nH]c2c1. The van der Waals surface area contributed by atoms with Gasteiger partial charge in [0.25, 0.3) is 0 Å².